The molecule has 3 aromatic rings. The Balaban J connectivity index is 1.90. The monoisotopic (exact) mass is 477 g/mol. The number of hydrogen-bond acceptors (Lipinski definition) is 2. The van der Waals surface area contributed by atoms with Gasteiger partial charge in [0.15, 0.2) is 0 Å². The summed E-state index contributed by atoms with van der Waals surface area (Å²) in [4.78, 5) is 0.265. The third-order valence-corrected chi connectivity index (χ3v) is 6.96. The molecule has 0 aliphatic rings. The first kappa shape index (κ1) is 21.1. The molecule has 0 aromatic heterocycles. The molecular weight excluding hydrogens is 458 g/mol. The Morgan fingerprint density at radius 1 is 0.964 bits per heavy atom. The molecule has 0 saturated heterocycles. The summed E-state index contributed by atoms with van der Waals surface area (Å²) in [5.41, 5.74) is 2.16. The molecule has 0 bridgehead atoms. The van der Waals surface area contributed by atoms with Crippen LogP contribution in [0.4, 0.5) is 0 Å². The van der Waals surface area contributed by atoms with Crippen LogP contribution in [0.3, 0.4) is 0 Å². The first-order valence-corrected chi connectivity index (χ1v) is 11.6. The SMILES string of the molecule is CC(NS(=O)(=O)c1ccccc1)C(Cc1ccc(Cl)cc1)c1cccc(Br)c1. The van der Waals surface area contributed by atoms with Gasteiger partial charge in [0.2, 0.25) is 10.0 Å². The maximum Gasteiger partial charge on any atom is 0.240 e. The van der Waals surface area contributed by atoms with E-state index in [0.29, 0.717) is 11.4 Å². The van der Waals surface area contributed by atoms with Gasteiger partial charge >= 0.3 is 0 Å². The van der Waals surface area contributed by atoms with Crippen LogP contribution in [-0.4, -0.2) is 14.5 Å². The highest BCUT2D eigenvalue weighted by molar-refractivity contribution is 9.10. The number of sulfonamides is 1. The van der Waals surface area contributed by atoms with Gasteiger partial charge in [-0.2, -0.15) is 0 Å². The van der Waals surface area contributed by atoms with Crippen molar-refractivity contribution in [3.8, 4) is 0 Å². The lowest BCUT2D eigenvalue weighted by Crippen LogP contribution is -2.37. The second-order valence-corrected chi connectivity index (χ2v) is 9.78. The number of rotatable bonds is 7. The molecule has 0 saturated carbocycles. The predicted molar refractivity (Wildman–Crippen MR) is 118 cm³/mol. The normalized spacial score (nSPS) is 13.8. The topological polar surface area (TPSA) is 46.2 Å². The van der Waals surface area contributed by atoms with Crippen LogP contribution in [0.2, 0.25) is 5.02 Å². The third-order valence-electron chi connectivity index (χ3n) is 4.64. The van der Waals surface area contributed by atoms with E-state index in [0.717, 1.165) is 15.6 Å². The van der Waals surface area contributed by atoms with E-state index in [-0.39, 0.29) is 16.9 Å². The van der Waals surface area contributed by atoms with Crippen molar-refractivity contribution in [3.63, 3.8) is 0 Å². The minimum Gasteiger partial charge on any atom is -0.208 e. The smallest absolute Gasteiger partial charge is 0.208 e. The highest BCUT2D eigenvalue weighted by atomic mass is 79.9. The van der Waals surface area contributed by atoms with Crippen LogP contribution in [0.15, 0.2) is 88.2 Å². The molecule has 0 spiro atoms. The average Bonchev–Trinajstić information content (AvgIpc) is 2.68. The summed E-state index contributed by atoms with van der Waals surface area (Å²) in [6.07, 6.45) is 0.687. The minimum absolute atomic E-state index is 0.0443. The van der Waals surface area contributed by atoms with Gasteiger partial charge in [-0.3, -0.25) is 0 Å². The van der Waals surface area contributed by atoms with Crippen LogP contribution < -0.4 is 4.72 Å². The maximum absolute atomic E-state index is 12.8. The predicted octanol–water partition coefficient (Wildman–Crippen LogP) is 5.80. The molecule has 0 amide bonds. The van der Waals surface area contributed by atoms with Crippen LogP contribution >= 0.6 is 27.5 Å². The fourth-order valence-electron chi connectivity index (χ4n) is 3.19. The van der Waals surface area contributed by atoms with Crippen molar-refractivity contribution in [3.05, 3.63) is 99.5 Å². The summed E-state index contributed by atoms with van der Waals surface area (Å²) >= 11 is 9.52. The quantitative estimate of drug-likeness (QED) is 0.467. The van der Waals surface area contributed by atoms with E-state index in [4.69, 9.17) is 11.6 Å². The molecule has 0 aliphatic heterocycles. The van der Waals surface area contributed by atoms with Gasteiger partial charge in [-0.05, 0) is 60.9 Å². The molecule has 28 heavy (non-hydrogen) atoms. The number of halogens is 2. The highest BCUT2D eigenvalue weighted by Crippen LogP contribution is 2.28. The molecule has 0 heterocycles. The first-order valence-electron chi connectivity index (χ1n) is 8.92. The molecule has 2 unspecified atom stereocenters. The number of benzene rings is 3. The van der Waals surface area contributed by atoms with E-state index in [1.807, 2.05) is 55.5 Å². The van der Waals surface area contributed by atoms with Crippen molar-refractivity contribution in [2.75, 3.05) is 0 Å². The fourth-order valence-corrected chi connectivity index (χ4v) is 5.04. The van der Waals surface area contributed by atoms with E-state index < -0.39 is 10.0 Å². The highest BCUT2D eigenvalue weighted by Gasteiger charge is 2.25. The summed E-state index contributed by atoms with van der Waals surface area (Å²) in [5.74, 6) is -0.0443. The van der Waals surface area contributed by atoms with Crippen molar-refractivity contribution in [1.29, 1.82) is 0 Å². The molecule has 0 fully saturated rings. The Hall–Kier alpha value is -1.66. The second-order valence-electron chi connectivity index (χ2n) is 6.72. The van der Waals surface area contributed by atoms with Gasteiger partial charge in [-0.15, -0.1) is 0 Å². The minimum atomic E-state index is -3.60. The molecule has 6 heteroatoms. The third kappa shape index (κ3) is 5.45. The van der Waals surface area contributed by atoms with Gasteiger partial charge < -0.3 is 0 Å². The van der Waals surface area contributed by atoms with Crippen LogP contribution in [0.25, 0.3) is 0 Å². The zero-order valence-electron chi connectivity index (χ0n) is 15.3. The van der Waals surface area contributed by atoms with E-state index in [9.17, 15) is 8.42 Å². The molecule has 0 radical (unpaired) electrons. The number of nitrogens with one attached hydrogen (secondary N) is 1. The first-order chi connectivity index (χ1) is 13.3. The molecule has 3 aromatic carbocycles. The molecular formula is C22H21BrClNO2S. The number of hydrogen-bond donors (Lipinski definition) is 1. The van der Waals surface area contributed by atoms with Crippen molar-refractivity contribution in [2.24, 2.45) is 0 Å². The fraction of sp³-hybridized carbons (Fsp3) is 0.182. The summed E-state index contributed by atoms with van der Waals surface area (Å²) in [6, 6.07) is 23.8. The largest absolute Gasteiger partial charge is 0.240 e. The Labute approximate surface area is 179 Å². The Kier molecular flexibility index (Phi) is 6.94. The van der Waals surface area contributed by atoms with E-state index >= 15 is 0 Å². The van der Waals surface area contributed by atoms with Gasteiger partial charge in [0.25, 0.3) is 0 Å². The Morgan fingerprint density at radius 2 is 1.64 bits per heavy atom. The zero-order chi connectivity index (χ0) is 20.1. The molecule has 0 aliphatic carbocycles. The summed E-state index contributed by atoms with van der Waals surface area (Å²) in [7, 11) is -3.60. The van der Waals surface area contributed by atoms with Crippen molar-refractivity contribution < 1.29 is 8.42 Å². The summed E-state index contributed by atoms with van der Waals surface area (Å²) in [6.45, 7) is 1.90. The van der Waals surface area contributed by atoms with Gasteiger partial charge in [-0.25, -0.2) is 13.1 Å². The van der Waals surface area contributed by atoms with Crippen LogP contribution in [0, 0.1) is 0 Å². The van der Waals surface area contributed by atoms with Crippen LogP contribution in [0.5, 0.6) is 0 Å². The Bertz CT molecular complexity index is 1020. The van der Waals surface area contributed by atoms with Crippen molar-refractivity contribution in [1.82, 2.24) is 4.72 Å². The summed E-state index contributed by atoms with van der Waals surface area (Å²) in [5, 5.41) is 0.681. The molecule has 2 atom stereocenters. The van der Waals surface area contributed by atoms with E-state index in [2.05, 4.69) is 20.7 Å². The lowest BCUT2D eigenvalue weighted by atomic mass is 9.87. The molecule has 3 nitrogen and oxygen atoms in total. The van der Waals surface area contributed by atoms with Crippen LogP contribution in [-0.2, 0) is 16.4 Å². The van der Waals surface area contributed by atoms with Gasteiger partial charge in [0.1, 0.15) is 0 Å². The standard InChI is InChI=1S/C22H21BrClNO2S/c1-16(25-28(26,27)21-8-3-2-4-9-21)22(18-6-5-7-19(23)15-18)14-17-10-12-20(24)13-11-17/h2-13,15-16,22,25H,14H2,1H3. The van der Waals surface area contributed by atoms with E-state index in [1.165, 1.54) is 0 Å². The van der Waals surface area contributed by atoms with Gasteiger partial charge in [0.05, 0.1) is 4.90 Å². The van der Waals surface area contributed by atoms with E-state index in [1.54, 1.807) is 30.3 Å². The van der Waals surface area contributed by atoms with Crippen molar-refractivity contribution >= 4 is 37.6 Å². The maximum atomic E-state index is 12.8. The van der Waals surface area contributed by atoms with Crippen LogP contribution in [0.1, 0.15) is 24.0 Å². The Morgan fingerprint density at radius 3 is 2.29 bits per heavy atom. The molecule has 3 rings (SSSR count). The average molecular weight is 479 g/mol. The summed E-state index contributed by atoms with van der Waals surface area (Å²) < 4.78 is 29.4. The molecule has 1 N–H and O–H groups in total. The van der Waals surface area contributed by atoms with Gasteiger partial charge in [0, 0.05) is 21.5 Å². The second kappa shape index (κ2) is 9.23. The lowest BCUT2D eigenvalue weighted by Gasteiger charge is -2.26. The molecule has 146 valence electrons. The lowest BCUT2D eigenvalue weighted by molar-refractivity contribution is 0.503. The van der Waals surface area contributed by atoms with Gasteiger partial charge in [-0.1, -0.05) is 70.0 Å². The zero-order valence-corrected chi connectivity index (χ0v) is 18.5. The van der Waals surface area contributed by atoms with Crippen molar-refractivity contribution in [2.45, 2.75) is 30.2 Å².